The lowest BCUT2D eigenvalue weighted by atomic mass is 10.0. The van der Waals surface area contributed by atoms with Gasteiger partial charge in [0.25, 0.3) is 5.91 Å². The molecular formula is C30H39N3O7. The topological polar surface area (TPSA) is 112 Å². The van der Waals surface area contributed by atoms with Crippen molar-refractivity contribution < 1.29 is 33.0 Å². The van der Waals surface area contributed by atoms with Crippen LogP contribution in [0.1, 0.15) is 36.2 Å². The van der Waals surface area contributed by atoms with Gasteiger partial charge in [0.05, 0.1) is 20.0 Å². The molecule has 1 aliphatic rings. The summed E-state index contributed by atoms with van der Waals surface area (Å²) in [7, 11) is 3.21. The fourth-order valence-electron chi connectivity index (χ4n) is 4.76. The van der Waals surface area contributed by atoms with E-state index in [1.54, 1.807) is 38.7 Å². The zero-order chi connectivity index (χ0) is 28.5. The number of hydrogen-bond donors (Lipinski definition) is 2. The molecule has 2 aromatic carbocycles. The minimum Gasteiger partial charge on any atom is -0.493 e. The molecule has 1 saturated heterocycles. The van der Waals surface area contributed by atoms with Gasteiger partial charge in [-0.25, -0.2) is 4.79 Å². The molecule has 0 aliphatic carbocycles. The zero-order valence-electron chi connectivity index (χ0n) is 23.6. The number of carbonyl (C=O) groups excluding carboxylic acids is 2. The monoisotopic (exact) mass is 553 g/mol. The summed E-state index contributed by atoms with van der Waals surface area (Å²) in [6, 6.07) is 12.8. The van der Waals surface area contributed by atoms with E-state index >= 15 is 0 Å². The second kappa shape index (κ2) is 14.0. The van der Waals surface area contributed by atoms with Crippen LogP contribution in [-0.4, -0.2) is 76.1 Å². The molecule has 2 atom stereocenters. The lowest BCUT2D eigenvalue weighted by molar-refractivity contribution is 0.0521. The van der Waals surface area contributed by atoms with Gasteiger partial charge in [-0.05, 0) is 55.8 Å². The number of alkyl carbamates (subject to hydrolysis) is 1. The molecule has 10 heteroatoms. The van der Waals surface area contributed by atoms with Gasteiger partial charge in [0.2, 0.25) is 0 Å². The van der Waals surface area contributed by atoms with Crippen LogP contribution in [0.2, 0.25) is 0 Å². The number of fused-ring (bicyclic) bond motifs is 1. The number of rotatable bonds is 13. The Labute approximate surface area is 234 Å². The van der Waals surface area contributed by atoms with Crippen molar-refractivity contribution in [2.45, 2.75) is 39.0 Å². The molecule has 1 fully saturated rings. The highest BCUT2D eigenvalue weighted by Gasteiger charge is 2.34. The van der Waals surface area contributed by atoms with Crippen molar-refractivity contribution in [3.8, 4) is 11.5 Å². The normalized spacial score (nSPS) is 16.7. The van der Waals surface area contributed by atoms with E-state index in [2.05, 4.69) is 10.6 Å². The van der Waals surface area contributed by atoms with Crippen LogP contribution in [0.15, 0.2) is 53.1 Å². The van der Waals surface area contributed by atoms with E-state index in [9.17, 15) is 9.59 Å². The minimum absolute atomic E-state index is 0.0533. The van der Waals surface area contributed by atoms with Gasteiger partial charge in [0.15, 0.2) is 11.5 Å². The summed E-state index contributed by atoms with van der Waals surface area (Å²) in [6.45, 7) is 6.94. The molecule has 0 radical (unpaired) electrons. The fraction of sp³-hybridized carbons (Fsp3) is 0.467. The zero-order valence-corrected chi connectivity index (χ0v) is 23.6. The molecule has 10 nitrogen and oxygen atoms in total. The van der Waals surface area contributed by atoms with Crippen molar-refractivity contribution in [3.63, 3.8) is 0 Å². The van der Waals surface area contributed by atoms with E-state index in [4.69, 9.17) is 23.4 Å². The first-order chi connectivity index (χ1) is 19.4. The summed E-state index contributed by atoms with van der Waals surface area (Å²) >= 11 is 0. The number of nitrogens with one attached hydrogen (secondary N) is 2. The maximum absolute atomic E-state index is 13.6. The smallest absolute Gasteiger partial charge is 0.407 e. The molecule has 0 saturated carbocycles. The van der Waals surface area contributed by atoms with Crippen molar-refractivity contribution in [2.24, 2.45) is 5.92 Å². The summed E-state index contributed by atoms with van der Waals surface area (Å²) in [6.07, 6.45) is 1.51. The first-order valence-electron chi connectivity index (χ1n) is 13.6. The van der Waals surface area contributed by atoms with Gasteiger partial charge in [-0.2, -0.15) is 0 Å². The van der Waals surface area contributed by atoms with E-state index < -0.39 is 6.09 Å². The third-order valence-electron chi connectivity index (χ3n) is 6.97. The van der Waals surface area contributed by atoms with Crippen LogP contribution in [0.5, 0.6) is 11.5 Å². The predicted molar refractivity (Wildman–Crippen MR) is 151 cm³/mol. The number of nitrogens with zero attached hydrogens (tertiary/aromatic N) is 1. The molecule has 0 unspecified atom stereocenters. The first-order valence-corrected chi connectivity index (χ1v) is 13.6. The maximum Gasteiger partial charge on any atom is 0.407 e. The van der Waals surface area contributed by atoms with Crippen molar-refractivity contribution in [2.75, 3.05) is 47.1 Å². The number of furan rings is 1. The van der Waals surface area contributed by atoms with Crippen molar-refractivity contribution in [1.29, 1.82) is 0 Å². The summed E-state index contributed by atoms with van der Waals surface area (Å²) in [4.78, 5) is 28.1. The Morgan fingerprint density at radius 3 is 2.70 bits per heavy atom. The number of amides is 2. The van der Waals surface area contributed by atoms with E-state index in [-0.39, 0.29) is 24.0 Å². The predicted octanol–water partition coefficient (Wildman–Crippen LogP) is 4.22. The fourth-order valence-corrected chi connectivity index (χ4v) is 4.76. The molecule has 2 heterocycles. The van der Waals surface area contributed by atoms with E-state index in [1.165, 1.54) is 0 Å². The number of benzene rings is 2. The molecule has 1 aliphatic heterocycles. The number of methoxy groups -OCH3 is 2. The summed E-state index contributed by atoms with van der Waals surface area (Å²) in [5.74, 6) is 0.904. The maximum atomic E-state index is 13.6. The molecule has 0 spiro atoms. The average molecular weight is 554 g/mol. The second-order valence-corrected chi connectivity index (χ2v) is 10.1. The second-order valence-electron chi connectivity index (χ2n) is 10.1. The molecule has 2 amide bonds. The average Bonchev–Trinajstić information content (AvgIpc) is 3.61. The number of hydrogen-bond acceptors (Lipinski definition) is 8. The van der Waals surface area contributed by atoms with Crippen molar-refractivity contribution in [3.05, 3.63) is 59.9 Å². The Bertz CT molecular complexity index is 1280. The summed E-state index contributed by atoms with van der Waals surface area (Å²) < 4.78 is 27.5. The molecule has 3 aromatic rings. The quantitative estimate of drug-likeness (QED) is 0.303. The van der Waals surface area contributed by atoms with Gasteiger partial charge in [-0.1, -0.05) is 6.07 Å². The van der Waals surface area contributed by atoms with Gasteiger partial charge in [-0.3, -0.25) is 4.79 Å². The third-order valence-corrected chi connectivity index (χ3v) is 6.97. The summed E-state index contributed by atoms with van der Waals surface area (Å²) in [5, 5.41) is 7.11. The van der Waals surface area contributed by atoms with Crippen LogP contribution in [0.3, 0.4) is 0 Å². The van der Waals surface area contributed by atoms with Gasteiger partial charge in [0, 0.05) is 69.2 Å². The number of ether oxygens (including phenoxy) is 4. The molecule has 0 bridgehead atoms. The Hall–Kier alpha value is -3.76. The van der Waals surface area contributed by atoms with Crippen molar-refractivity contribution in [1.82, 2.24) is 15.5 Å². The van der Waals surface area contributed by atoms with Gasteiger partial charge in [-0.15, -0.1) is 0 Å². The van der Waals surface area contributed by atoms with Crippen LogP contribution in [0.4, 0.5) is 4.79 Å². The lowest BCUT2D eigenvalue weighted by Gasteiger charge is -2.31. The Morgan fingerprint density at radius 2 is 1.93 bits per heavy atom. The largest absolute Gasteiger partial charge is 0.493 e. The standard InChI is InChI=1S/C30H39N3O7/c1-20(2)33(29(34)23-7-9-26(37-4)27(15-23)38-12-5-11-36-3)19-24-17-31-18-28(24)40-30(35)32-16-21-6-8-25-22(14-21)10-13-39-25/h6-10,13-15,20,24,28,31H,5,11-12,16-19H2,1-4H3,(H,32,35)/t24-,28+/m0/s1. The minimum atomic E-state index is -0.487. The molecule has 2 N–H and O–H groups in total. The lowest BCUT2D eigenvalue weighted by Crippen LogP contribution is -2.44. The van der Waals surface area contributed by atoms with Gasteiger partial charge < -0.3 is 38.9 Å². The molecular weight excluding hydrogens is 514 g/mol. The third kappa shape index (κ3) is 7.45. The SMILES string of the molecule is COCCCOc1cc(C(=O)N(C[C@@H]2CNC[C@H]2OC(=O)NCc2ccc3occc3c2)C(C)C)ccc1OC. The van der Waals surface area contributed by atoms with Crippen LogP contribution >= 0.6 is 0 Å². The summed E-state index contributed by atoms with van der Waals surface area (Å²) in [5.41, 5.74) is 2.26. The highest BCUT2D eigenvalue weighted by molar-refractivity contribution is 5.95. The van der Waals surface area contributed by atoms with Crippen LogP contribution < -0.4 is 20.1 Å². The van der Waals surface area contributed by atoms with Crippen LogP contribution in [0, 0.1) is 5.92 Å². The molecule has 4 rings (SSSR count). The molecule has 40 heavy (non-hydrogen) atoms. The molecule has 1 aromatic heterocycles. The Balaban J connectivity index is 1.36. The molecule has 216 valence electrons. The van der Waals surface area contributed by atoms with E-state index in [0.717, 1.165) is 23.0 Å². The highest BCUT2D eigenvalue weighted by Crippen LogP contribution is 2.29. The Morgan fingerprint density at radius 1 is 1.07 bits per heavy atom. The van der Waals surface area contributed by atoms with E-state index in [1.807, 2.05) is 43.0 Å². The van der Waals surface area contributed by atoms with Crippen molar-refractivity contribution >= 4 is 23.0 Å². The Kier molecular flexibility index (Phi) is 10.3. The van der Waals surface area contributed by atoms with Crippen LogP contribution in [-0.2, 0) is 16.0 Å². The number of carbonyl (C=O) groups is 2. The van der Waals surface area contributed by atoms with Gasteiger partial charge >= 0.3 is 6.09 Å². The van der Waals surface area contributed by atoms with E-state index in [0.29, 0.717) is 56.5 Å². The van der Waals surface area contributed by atoms with Crippen LogP contribution in [0.25, 0.3) is 11.0 Å². The highest BCUT2D eigenvalue weighted by atomic mass is 16.6. The first kappa shape index (κ1) is 29.2. The van der Waals surface area contributed by atoms with Gasteiger partial charge in [0.1, 0.15) is 11.7 Å².